The van der Waals surface area contributed by atoms with E-state index in [1.165, 1.54) is 9.13 Å². The summed E-state index contributed by atoms with van der Waals surface area (Å²) in [6.07, 6.45) is 0.771. The SMILES string of the molecule is CC(C)CCn1c(=O)c2c(nc3n2CC(C)CN3c2cccc(Cl)c2)n(C)c1=O. The Bertz CT molecular complexity index is 1190. The van der Waals surface area contributed by atoms with E-state index in [0.29, 0.717) is 47.1 Å². The van der Waals surface area contributed by atoms with Crippen molar-refractivity contribution in [3.05, 3.63) is 50.1 Å². The van der Waals surface area contributed by atoms with Crippen molar-refractivity contribution in [2.75, 3.05) is 11.4 Å². The van der Waals surface area contributed by atoms with Crippen molar-refractivity contribution in [1.29, 1.82) is 0 Å². The Kier molecular flexibility index (Phi) is 5.02. The predicted molar refractivity (Wildman–Crippen MR) is 116 cm³/mol. The van der Waals surface area contributed by atoms with Gasteiger partial charge in [0.1, 0.15) is 0 Å². The molecule has 0 bridgehead atoms. The smallest absolute Gasteiger partial charge is 0.312 e. The Morgan fingerprint density at radius 3 is 2.69 bits per heavy atom. The minimum Gasteiger partial charge on any atom is -0.312 e. The number of halogens is 1. The third kappa shape index (κ3) is 3.37. The molecule has 1 aromatic carbocycles. The zero-order valence-electron chi connectivity index (χ0n) is 17.2. The standard InChI is InChI=1S/C21H26ClN5O2/c1-13(2)8-9-25-19(28)17-18(24(4)21(25)29)23-20-26(11-14(3)12-27(17)20)16-7-5-6-15(22)10-16/h5-7,10,13-14H,8-9,11-12H2,1-4H3. The molecule has 0 aliphatic carbocycles. The number of aromatic nitrogens is 4. The van der Waals surface area contributed by atoms with Gasteiger partial charge in [-0.05, 0) is 36.5 Å². The number of aryl methyl sites for hydroxylation is 1. The molecule has 3 aromatic rings. The van der Waals surface area contributed by atoms with Gasteiger partial charge in [-0.2, -0.15) is 4.98 Å². The van der Waals surface area contributed by atoms with Crippen LogP contribution in [0.3, 0.4) is 0 Å². The lowest BCUT2D eigenvalue weighted by Gasteiger charge is -2.33. The fourth-order valence-electron chi connectivity index (χ4n) is 3.95. The Hall–Kier alpha value is -2.54. The minimum atomic E-state index is -0.319. The lowest BCUT2D eigenvalue weighted by molar-refractivity contribution is 0.455. The van der Waals surface area contributed by atoms with Crippen LogP contribution in [0.1, 0.15) is 27.2 Å². The number of hydrogen-bond acceptors (Lipinski definition) is 4. The molecule has 4 rings (SSSR count). The number of hydrogen-bond donors (Lipinski definition) is 0. The largest absolute Gasteiger partial charge is 0.332 e. The van der Waals surface area contributed by atoms with Gasteiger partial charge in [0.05, 0.1) is 0 Å². The second-order valence-electron chi connectivity index (χ2n) is 8.37. The van der Waals surface area contributed by atoms with E-state index in [-0.39, 0.29) is 11.2 Å². The van der Waals surface area contributed by atoms with Crippen molar-refractivity contribution in [2.45, 2.75) is 40.3 Å². The first kappa shape index (κ1) is 19.8. The number of fused-ring (bicyclic) bond motifs is 3. The molecular weight excluding hydrogens is 390 g/mol. The average molecular weight is 416 g/mol. The zero-order valence-corrected chi connectivity index (χ0v) is 18.0. The zero-order chi connectivity index (χ0) is 20.9. The van der Waals surface area contributed by atoms with Crippen molar-refractivity contribution in [2.24, 2.45) is 18.9 Å². The fraction of sp³-hybridized carbons (Fsp3) is 0.476. The van der Waals surface area contributed by atoms with E-state index in [1.807, 2.05) is 28.8 Å². The molecular formula is C21H26ClN5O2. The molecule has 1 unspecified atom stereocenters. The van der Waals surface area contributed by atoms with Gasteiger partial charge < -0.3 is 9.47 Å². The molecule has 0 fully saturated rings. The number of rotatable bonds is 4. The maximum atomic E-state index is 13.3. The summed E-state index contributed by atoms with van der Waals surface area (Å²) in [5, 5.41) is 0.645. The number of imidazole rings is 1. The molecule has 0 saturated heterocycles. The molecule has 1 aliphatic heterocycles. The van der Waals surface area contributed by atoms with Gasteiger partial charge in [0.2, 0.25) is 5.95 Å². The molecule has 1 atom stereocenters. The van der Waals surface area contributed by atoms with Crippen molar-refractivity contribution in [1.82, 2.24) is 18.7 Å². The van der Waals surface area contributed by atoms with Crippen LogP contribution >= 0.6 is 11.6 Å². The summed E-state index contributed by atoms with van der Waals surface area (Å²) in [5.41, 5.74) is 1.26. The first-order chi connectivity index (χ1) is 13.8. The molecule has 154 valence electrons. The van der Waals surface area contributed by atoms with Gasteiger partial charge in [-0.3, -0.25) is 13.9 Å². The van der Waals surface area contributed by atoms with Gasteiger partial charge in [0, 0.05) is 37.4 Å². The summed E-state index contributed by atoms with van der Waals surface area (Å²) in [7, 11) is 1.68. The van der Waals surface area contributed by atoms with Crippen LogP contribution in [0.4, 0.5) is 11.6 Å². The van der Waals surface area contributed by atoms with E-state index < -0.39 is 0 Å². The summed E-state index contributed by atoms with van der Waals surface area (Å²) < 4.78 is 4.79. The highest BCUT2D eigenvalue weighted by Gasteiger charge is 2.29. The van der Waals surface area contributed by atoms with Gasteiger partial charge in [0.25, 0.3) is 5.56 Å². The maximum Gasteiger partial charge on any atom is 0.332 e. The van der Waals surface area contributed by atoms with Crippen molar-refractivity contribution in [3.8, 4) is 0 Å². The van der Waals surface area contributed by atoms with Crippen LogP contribution in [0.5, 0.6) is 0 Å². The summed E-state index contributed by atoms with van der Waals surface area (Å²) >= 11 is 6.21. The van der Waals surface area contributed by atoms with Crippen molar-refractivity contribution < 1.29 is 0 Å². The Balaban J connectivity index is 1.95. The Morgan fingerprint density at radius 2 is 2.00 bits per heavy atom. The number of benzene rings is 1. The quantitative estimate of drug-likeness (QED) is 0.655. The van der Waals surface area contributed by atoms with E-state index in [1.54, 1.807) is 7.05 Å². The first-order valence-corrected chi connectivity index (χ1v) is 10.4. The summed E-state index contributed by atoms with van der Waals surface area (Å²) in [6.45, 7) is 8.16. The second kappa shape index (κ2) is 7.37. The molecule has 29 heavy (non-hydrogen) atoms. The Labute approximate surface area is 174 Å². The van der Waals surface area contributed by atoms with Crippen LogP contribution in [0.15, 0.2) is 33.9 Å². The van der Waals surface area contributed by atoms with E-state index in [2.05, 4.69) is 25.7 Å². The minimum absolute atomic E-state index is 0.261. The lowest BCUT2D eigenvalue weighted by atomic mass is 10.1. The third-order valence-corrected chi connectivity index (χ3v) is 5.73. The molecule has 3 heterocycles. The normalized spacial score (nSPS) is 16.6. The number of nitrogens with zero attached hydrogens (tertiary/aromatic N) is 5. The van der Waals surface area contributed by atoms with Gasteiger partial charge in [-0.1, -0.05) is 38.4 Å². The maximum absolute atomic E-state index is 13.3. The van der Waals surface area contributed by atoms with E-state index in [4.69, 9.17) is 16.6 Å². The summed E-state index contributed by atoms with van der Waals surface area (Å²) in [5.74, 6) is 1.38. The molecule has 0 amide bonds. The van der Waals surface area contributed by atoms with Gasteiger partial charge in [-0.25, -0.2) is 4.79 Å². The molecule has 7 nitrogen and oxygen atoms in total. The fourth-order valence-corrected chi connectivity index (χ4v) is 4.14. The van der Waals surface area contributed by atoms with Crippen LogP contribution in [0.25, 0.3) is 11.2 Å². The molecule has 0 N–H and O–H groups in total. The third-order valence-electron chi connectivity index (χ3n) is 5.49. The molecule has 8 heteroatoms. The second-order valence-corrected chi connectivity index (χ2v) is 8.81. The highest BCUT2D eigenvalue weighted by Crippen LogP contribution is 2.33. The Morgan fingerprint density at radius 1 is 1.24 bits per heavy atom. The van der Waals surface area contributed by atoms with Crippen LogP contribution in [-0.2, 0) is 20.1 Å². The number of anilines is 2. The highest BCUT2D eigenvalue weighted by molar-refractivity contribution is 6.30. The van der Waals surface area contributed by atoms with Crippen LogP contribution in [0, 0.1) is 11.8 Å². The van der Waals surface area contributed by atoms with Gasteiger partial charge in [-0.15, -0.1) is 0 Å². The molecule has 2 aromatic heterocycles. The van der Waals surface area contributed by atoms with E-state index in [9.17, 15) is 9.59 Å². The predicted octanol–water partition coefficient (Wildman–Crippen LogP) is 3.38. The molecule has 1 aliphatic rings. The highest BCUT2D eigenvalue weighted by atomic mass is 35.5. The van der Waals surface area contributed by atoms with Crippen LogP contribution < -0.4 is 16.1 Å². The van der Waals surface area contributed by atoms with Crippen LogP contribution in [0.2, 0.25) is 5.02 Å². The van der Waals surface area contributed by atoms with Crippen molar-refractivity contribution in [3.63, 3.8) is 0 Å². The van der Waals surface area contributed by atoms with Crippen LogP contribution in [-0.4, -0.2) is 25.2 Å². The van der Waals surface area contributed by atoms with E-state index >= 15 is 0 Å². The van der Waals surface area contributed by atoms with E-state index in [0.717, 1.165) is 18.7 Å². The lowest BCUT2D eigenvalue weighted by Crippen LogP contribution is -2.40. The first-order valence-electron chi connectivity index (χ1n) is 10.0. The molecule has 0 saturated carbocycles. The summed E-state index contributed by atoms with van der Waals surface area (Å²) in [6, 6.07) is 7.61. The average Bonchev–Trinajstić information content (AvgIpc) is 3.05. The topological polar surface area (TPSA) is 65.1 Å². The monoisotopic (exact) mass is 415 g/mol. The van der Waals surface area contributed by atoms with Gasteiger partial charge in [0.15, 0.2) is 11.2 Å². The molecule has 0 spiro atoms. The summed E-state index contributed by atoms with van der Waals surface area (Å²) in [4.78, 5) is 32.9. The molecule has 0 radical (unpaired) electrons. The van der Waals surface area contributed by atoms with Gasteiger partial charge >= 0.3 is 5.69 Å². The van der Waals surface area contributed by atoms with Crippen molar-refractivity contribution >= 4 is 34.4 Å².